The number of aliphatic hydroxyl groups excluding tert-OH is 1. The molecule has 1 saturated heterocycles. The van der Waals surface area contributed by atoms with Gasteiger partial charge in [0.25, 0.3) is 10.2 Å². The number of aliphatic hydroxyl groups is 1. The van der Waals surface area contributed by atoms with E-state index in [0.717, 1.165) is 9.87 Å². The van der Waals surface area contributed by atoms with Gasteiger partial charge in [0.2, 0.25) is 0 Å². The minimum Gasteiger partial charge on any atom is -0.481 e. The minimum atomic E-state index is -3.73. The third-order valence-corrected chi connectivity index (χ3v) is 5.73. The van der Waals surface area contributed by atoms with Crippen molar-refractivity contribution in [3.63, 3.8) is 0 Å². The number of hydrogen-bond acceptors (Lipinski definition) is 4. The fourth-order valence-corrected chi connectivity index (χ4v) is 3.90. The van der Waals surface area contributed by atoms with Crippen molar-refractivity contribution in [1.82, 2.24) is 8.61 Å². The Morgan fingerprint density at radius 1 is 1.36 bits per heavy atom. The maximum Gasteiger partial charge on any atom is 0.309 e. The van der Waals surface area contributed by atoms with Gasteiger partial charge in [-0.25, -0.2) is 0 Å². The first-order chi connectivity index (χ1) is 10.3. The van der Waals surface area contributed by atoms with E-state index in [1.165, 1.54) is 11.4 Å². The van der Waals surface area contributed by atoms with Gasteiger partial charge in [-0.05, 0) is 12.0 Å². The molecule has 1 aromatic carbocycles. The van der Waals surface area contributed by atoms with E-state index in [2.05, 4.69) is 0 Å². The van der Waals surface area contributed by atoms with Crippen LogP contribution in [0.2, 0.25) is 0 Å². The number of benzene rings is 1. The van der Waals surface area contributed by atoms with Crippen LogP contribution in [0.25, 0.3) is 0 Å². The first-order valence-electron chi connectivity index (χ1n) is 6.98. The molecule has 0 unspecified atom stereocenters. The zero-order chi connectivity index (χ0) is 16.3. The van der Waals surface area contributed by atoms with Crippen LogP contribution >= 0.6 is 0 Å². The van der Waals surface area contributed by atoms with Gasteiger partial charge in [-0.3, -0.25) is 4.79 Å². The number of carboxylic acid groups (broad SMARTS) is 1. The molecule has 0 aliphatic carbocycles. The maximum atomic E-state index is 12.5. The highest BCUT2D eigenvalue weighted by atomic mass is 32.2. The Kier molecular flexibility index (Phi) is 5.17. The first-order valence-corrected chi connectivity index (χ1v) is 8.38. The smallest absolute Gasteiger partial charge is 0.309 e. The predicted octanol–water partition coefficient (Wildman–Crippen LogP) is 0.131. The summed E-state index contributed by atoms with van der Waals surface area (Å²) in [7, 11) is -2.26. The molecule has 2 rings (SSSR count). The van der Waals surface area contributed by atoms with Crippen LogP contribution in [0.1, 0.15) is 12.0 Å². The van der Waals surface area contributed by atoms with Crippen LogP contribution in [0.5, 0.6) is 0 Å². The van der Waals surface area contributed by atoms with Crippen LogP contribution < -0.4 is 0 Å². The number of rotatable bonds is 5. The SMILES string of the molecule is CN(Cc1ccccc1)S(=O)(=O)N1CC[C@H](C(=O)O)[C@H](O)C1. The molecule has 2 N–H and O–H groups in total. The molecule has 7 nitrogen and oxygen atoms in total. The summed E-state index contributed by atoms with van der Waals surface area (Å²) in [5.74, 6) is -2.01. The molecule has 22 heavy (non-hydrogen) atoms. The molecular formula is C14H20N2O5S. The van der Waals surface area contributed by atoms with Gasteiger partial charge in [-0.2, -0.15) is 17.0 Å². The van der Waals surface area contributed by atoms with Gasteiger partial charge < -0.3 is 10.2 Å². The lowest BCUT2D eigenvalue weighted by Crippen LogP contribution is -2.52. The lowest BCUT2D eigenvalue weighted by Gasteiger charge is -2.35. The molecule has 1 heterocycles. The summed E-state index contributed by atoms with van der Waals surface area (Å²) in [5.41, 5.74) is 0.856. The molecule has 0 spiro atoms. The second-order valence-electron chi connectivity index (χ2n) is 5.41. The van der Waals surface area contributed by atoms with Gasteiger partial charge in [0.05, 0.1) is 12.0 Å². The maximum absolute atomic E-state index is 12.5. The average Bonchev–Trinajstić information content (AvgIpc) is 2.47. The predicted molar refractivity (Wildman–Crippen MR) is 80.2 cm³/mol. The normalized spacial score (nSPS) is 23.6. The Bertz CT molecular complexity index is 619. The summed E-state index contributed by atoms with van der Waals surface area (Å²) in [4.78, 5) is 11.0. The van der Waals surface area contributed by atoms with Crippen LogP contribution in [0.15, 0.2) is 30.3 Å². The van der Waals surface area contributed by atoms with Crippen LogP contribution in [-0.2, 0) is 21.5 Å². The molecule has 1 fully saturated rings. The highest BCUT2D eigenvalue weighted by molar-refractivity contribution is 7.86. The zero-order valence-corrected chi connectivity index (χ0v) is 13.1. The van der Waals surface area contributed by atoms with Crippen LogP contribution in [0.3, 0.4) is 0 Å². The summed E-state index contributed by atoms with van der Waals surface area (Å²) in [6, 6.07) is 9.18. The second kappa shape index (κ2) is 6.74. The standard InChI is InChI=1S/C14H20N2O5S/c1-15(9-11-5-3-2-4-6-11)22(20,21)16-8-7-12(14(18)19)13(17)10-16/h2-6,12-13,17H,7-10H2,1H3,(H,18,19)/t12-,13+/m0/s1. The Labute approximate surface area is 130 Å². The first kappa shape index (κ1) is 16.9. The van der Waals surface area contributed by atoms with Crippen molar-refractivity contribution < 1.29 is 23.4 Å². The van der Waals surface area contributed by atoms with Gasteiger partial charge >= 0.3 is 5.97 Å². The Hall–Kier alpha value is -1.48. The van der Waals surface area contributed by atoms with Crippen molar-refractivity contribution in [1.29, 1.82) is 0 Å². The molecule has 8 heteroatoms. The second-order valence-corrected chi connectivity index (χ2v) is 7.44. The van der Waals surface area contributed by atoms with Gasteiger partial charge in [-0.15, -0.1) is 0 Å². The zero-order valence-electron chi connectivity index (χ0n) is 12.3. The van der Waals surface area contributed by atoms with Crippen molar-refractivity contribution in [2.45, 2.75) is 19.1 Å². The van der Waals surface area contributed by atoms with Crippen LogP contribution in [-0.4, -0.2) is 59.5 Å². The Morgan fingerprint density at radius 3 is 2.55 bits per heavy atom. The molecule has 1 aromatic rings. The number of carboxylic acids is 1. The third-order valence-electron chi connectivity index (χ3n) is 3.83. The van der Waals surface area contributed by atoms with Crippen molar-refractivity contribution in [3.8, 4) is 0 Å². The number of hydrogen-bond donors (Lipinski definition) is 2. The van der Waals surface area contributed by atoms with E-state index in [1.807, 2.05) is 30.3 Å². The number of carbonyl (C=O) groups is 1. The highest BCUT2D eigenvalue weighted by Gasteiger charge is 2.38. The van der Waals surface area contributed by atoms with Crippen molar-refractivity contribution >= 4 is 16.2 Å². The fourth-order valence-electron chi connectivity index (χ4n) is 2.52. The summed E-state index contributed by atoms with van der Waals surface area (Å²) >= 11 is 0. The fraction of sp³-hybridized carbons (Fsp3) is 0.500. The highest BCUT2D eigenvalue weighted by Crippen LogP contribution is 2.22. The monoisotopic (exact) mass is 328 g/mol. The van der Waals surface area contributed by atoms with Gasteiger partial charge in [0, 0.05) is 26.7 Å². The lowest BCUT2D eigenvalue weighted by molar-refractivity contribution is -0.147. The van der Waals surface area contributed by atoms with E-state index < -0.39 is 28.2 Å². The molecule has 0 saturated carbocycles. The molecule has 122 valence electrons. The van der Waals surface area contributed by atoms with E-state index in [-0.39, 0.29) is 26.1 Å². The van der Waals surface area contributed by atoms with E-state index in [4.69, 9.17) is 5.11 Å². The molecule has 0 radical (unpaired) electrons. The number of β-amino-alcohol motifs (C(OH)–C–C–N with tert-alkyl or cyclic N) is 1. The molecule has 0 amide bonds. The number of nitrogens with zero attached hydrogens (tertiary/aromatic N) is 2. The van der Waals surface area contributed by atoms with E-state index >= 15 is 0 Å². The van der Waals surface area contributed by atoms with Crippen molar-refractivity contribution in [3.05, 3.63) is 35.9 Å². The lowest BCUT2D eigenvalue weighted by atomic mass is 9.95. The molecule has 2 atom stereocenters. The minimum absolute atomic E-state index is 0.0927. The Morgan fingerprint density at radius 2 is 2.00 bits per heavy atom. The summed E-state index contributed by atoms with van der Waals surface area (Å²) in [5, 5.41) is 18.8. The molecule has 1 aliphatic heterocycles. The van der Waals surface area contributed by atoms with Crippen LogP contribution in [0.4, 0.5) is 0 Å². The topological polar surface area (TPSA) is 98.2 Å². The van der Waals surface area contributed by atoms with E-state index in [9.17, 15) is 18.3 Å². The summed E-state index contributed by atoms with van der Waals surface area (Å²) in [6.07, 6.45) is -1.08. The van der Waals surface area contributed by atoms with E-state index in [0.29, 0.717) is 0 Å². The van der Waals surface area contributed by atoms with Gasteiger partial charge in [-0.1, -0.05) is 30.3 Å². The van der Waals surface area contributed by atoms with Crippen LogP contribution in [0, 0.1) is 5.92 Å². The molecule has 0 bridgehead atoms. The summed E-state index contributed by atoms with van der Waals surface area (Å²) < 4.78 is 27.4. The summed E-state index contributed by atoms with van der Waals surface area (Å²) in [6.45, 7) is 0.117. The van der Waals surface area contributed by atoms with Gasteiger partial charge in [0.1, 0.15) is 0 Å². The molecular weight excluding hydrogens is 308 g/mol. The number of aliphatic carboxylic acids is 1. The quantitative estimate of drug-likeness (QED) is 0.801. The van der Waals surface area contributed by atoms with E-state index in [1.54, 1.807) is 0 Å². The van der Waals surface area contributed by atoms with Crippen molar-refractivity contribution in [2.75, 3.05) is 20.1 Å². The largest absolute Gasteiger partial charge is 0.481 e. The Balaban J connectivity index is 2.06. The molecule has 0 aromatic heterocycles. The van der Waals surface area contributed by atoms with Gasteiger partial charge in [0.15, 0.2) is 0 Å². The number of piperidine rings is 1. The third kappa shape index (κ3) is 3.64. The molecule has 1 aliphatic rings. The van der Waals surface area contributed by atoms with Crippen molar-refractivity contribution in [2.24, 2.45) is 5.92 Å². The average molecular weight is 328 g/mol.